The van der Waals surface area contributed by atoms with E-state index in [4.69, 9.17) is 9.40 Å². The molecule has 0 saturated carbocycles. The minimum Gasteiger partial charge on any atom is -0.436 e. The van der Waals surface area contributed by atoms with E-state index in [1.807, 2.05) is 78.9 Å². The Labute approximate surface area is 241 Å². The Morgan fingerprint density at radius 3 is 2.24 bits per heavy atom. The van der Waals surface area contributed by atoms with Gasteiger partial charge in [0.1, 0.15) is 5.69 Å². The Balaban J connectivity index is 1.21. The standard InChI is InChI=1S/C36H33N3O2/c40-36(37-25-26-13-4-1-5-14-26)38-31-21-12-15-27(24-31)23-30-20-10-11-22-32(30)35-39-33(28-16-6-2-7-17-28)34(41-35)29-18-8-3-9-19-29/h1-9,12-19,21-22,24,30H,10-11,20,23,25H2,(H2,37,38,40). The van der Waals surface area contributed by atoms with Crippen LogP contribution in [0.2, 0.25) is 0 Å². The number of urea groups is 1. The van der Waals surface area contributed by atoms with Crippen molar-refractivity contribution >= 4 is 17.3 Å². The zero-order valence-electron chi connectivity index (χ0n) is 22.9. The molecule has 1 heterocycles. The van der Waals surface area contributed by atoms with Crippen LogP contribution < -0.4 is 10.6 Å². The van der Waals surface area contributed by atoms with E-state index in [0.717, 1.165) is 65.1 Å². The number of carbonyl (C=O) groups is 1. The summed E-state index contributed by atoms with van der Waals surface area (Å²) in [6.07, 6.45) is 6.34. The number of anilines is 1. The molecule has 4 aromatic carbocycles. The summed E-state index contributed by atoms with van der Waals surface area (Å²) in [5, 5.41) is 5.92. The first-order chi connectivity index (χ1) is 20.2. The zero-order chi connectivity index (χ0) is 27.9. The second-order valence-corrected chi connectivity index (χ2v) is 10.4. The van der Waals surface area contributed by atoms with Crippen LogP contribution in [0.1, 0.15) is 36.3 Å². The second kappa shape index (κ2) is 12.5. The minimum atomic E-state index is -0.217. The van der Waals surface area contributed by atoms with Crippen molar-refractivity contribution in [1.82, 2.24) is 10.3 Å². The van der Waals surface area contributed by atoms with Crippen LogP contribution in [0.4, 0.5) is 10.5 Å². The lowest BCUT2D eigenvalue weighted by Gasteiger charge is -2.22. The summed E-state index contributed by atoms with van der Waals surface area (Å²) in [4.78, 5) is 17.6. The fraction of sp³-hybridized carbons (Fsp3) is 0.167. The lowest BCUT2D eigenvalue weighted by molar-refractivity contribution is 0.251. The molecule has 0 spiro atoms. The van der Waals surface area contributed by atoms with Crippen molar-refractivity contribution in [3.05, 3.63) is 138 Å². The number of oxazole rings is 1. The smallest absolute Gasteiger partial charge is 0.319 e. The third kappa shape index (κ3) is 6.47. The van der Waals surface area contributed by atoms with Crippen molar-refractivity contribution in [2.45, 2.75) is 32.2 Å². The normalized spacial score (nSPS) is 14.7. The highest BCUT2D eigenvalue weighted by molar-refractivity contribution is 5.89. The van der Waals surface area contributed by atoms with Crippen LogP contribution in [0, 0.1) is 5.92 Å². The highest BCUT2D eigenvalue weighted by Gasteiger charge is 2.26. The van der Waals surface area contributed by atoms with Crippen LogP contribution in [0.25, 0.3) is 28.2 Å². The average molecular weight is 540 g/mol. The van der Waals surface area contributed by atoms with E-state index in [1.165, 1.54) is 5.56 Å². The summed E-state index contributed by atoms with van der Waals surface area (Å²) in [7, 11) is 0. The molecule has 0 fully saturated rings. The maximum Gasteiger partial charge on any atom is 0.319 e. The number of aromatic nitrogens is 1. The maximum absolute atomic E-state index is 12.5. The molecule has 1 unspecified atom stereocenters. The molecule has 0 bridgehead atoms. The molecule has 0 aliphatic heterocycles. The Morgan fingerprint density at radius 1 is 0.805 bits per heavy atom. The summed E-state index contributed by atoms with van der Waals surface area (Å²) in [5.41, 5.74) is 7.09. The van der Waals surface area contributed by atoms with E-state index in [-0.39, 0.29) is 11.9 Å². The van der Waals surface area contributed by atoms with Gasteiger partial charge in [0.2, 0.25) is 5.89 Å². The van der Waals surface area contributed by atoms with Gasteiger partial charge >= 0.3 is 6.03 Å². The first-order valence-electron chi connectivity index (χ1n) is 14.2. The van der Waals surface area contributed by atoms with Gasteiger partial charge in [-0.2, -0.15) is 0 Å². The van der Waals surface area contributed by atoms with Gasteiger partial charge in [0.25, 0.3) is 0 Å². The van der Waals surface area contributed by atoms with Gasteiger partial charge in [-0.3, -0.25) is 0 Å². The molecule has 2 N–H and O–H groups in total. The molecule has 5 aromatic rings. The van der Waals surface area contributed by atoms with Crippen LogP contribution in [-0.2, 0) is 13.0 Å². The third-order valence-corrected chi connectivity index (χ3v) is 7.48. The van der Waals surface area contributed by atoms with E-state index in [1.54, 1.807) is 0 Å². The van der Waals surface area contributed by atoms with Gasteiger partial charge in [-0.1, -0.05) is 109 Å². The zero-order valence-corrected chi connectivity index (χ0v) is 22.9. The van der Waals surface area contributed by atoms with Crippen LogP contribution in [0.15, 0.2) is 126 Å². The fourth-order valence-corrected chi connectivity index (χ4v) is 5.45. The molecule has 5 nitrogen and oxygen atoms in total. The van der Waals surface area contributed by atoms with Gasteiger partial charge in [-0.25, -0.2) is 9.78 Å². The van der Waals surface area contributed by atoms with Gasteiger partial charge in [0.15, 0.2) is 5.76 Å². The average Bonchev–Trinajstić information content (AvgIpc) is 3.47. The Kier molecular flexibility index (Phi) is 8.04. The molecule has 6 rings (SSSR count). The molecule has 0 saturated heterocycles. The van der Waals surface area contributed by atoms with E-state index >= 15 is 0 Å². The van der Waals surface area contributed by atoms with Gasteiger partial charge in [-0.15, -0.1) is 0 Å². The van der Waals surface area contributed by atoms with Gasteiger partial charge in [0, 0.05) is 28.9 Å². The van der Waals surface area contributed by atoms with E-state index in [9.17, 15) is 4.79 Å². The molecule has 204 valence electrons. The lowest BCUT2D eigenvalue weighted by atomic mass is 9.83. The van der Waals surface area contributed by atoms with Crippen LogP contribution in [0.5, 0.6) is 0 Å². The van der Waals surface area contributed by atoms with Gasteiger partial charge in [-0.05, 0) is 54.9 Å². The van der Waals surface area contributed by atoms with Crippen molar-refractivity contribution in [2.75, 3.05) is 5.32 Å². The number of carbonyl (C=O) groups excluding carboxylic acids is 1. The van der Waals surface area contributed by atoms with E-state index in [0.29, 0.717) is 12.4 Å². The number of allylic oxidation sites excluding steroid dienone is 2. The Hall–Kier alpha value is -4.90. The number of hydrogen-bond acceptors (Lipinski definition) is 3. The number of benzene rings is 4. The summed E-state index contributed by atoms with van der Waals surface area (Å²) < 4.78 is 6.56. The summed E-state index contributed by atoms with van der Waals surface area (Å²) in [6, 6.07) is 38.2. The SMILES string of the molecule is O=C(NCc1ccccc1)Nc1cccc(CC2CCCC=C2c2nc(-c3ccccc3)c(-c3ccccc3)o2)c1. The topological polar surface area (TPSA) is 67.2 Å². The maximum atomic E-state index is 12.5. The van der Waals surface area contributed by atoms with Crippen LogP contribution in [0.3, 0.4) is 0 Å². The fourth-order valence-electron chi connectivity index (χ4n) is 5.45. The molecule has 41 heavy (non-hydrogen) atoms. The number of rotatable bonds is 8. The highest BCUT2D eigenvalue weighted by Crippen LogP contribution is 2.40. The summed E-state index contributed by atoms with van der Waals surface area (Å²) >= 11 is 0. The van der Waals surface area contributed by atoms with Crippen molar-refractivity contribution in [2.24, 2.45) is 5.92 Å². The molecular weight excluding hydrogens is 506 g/mol. The predicted octanol–water partition coefficient (Wildman–Crippen LogP) is 8.76. The van der Waals surface area contributed by atoms with Crippen molar-refractivity contribution in [3.63, 3.8) is 0 Å². The summed E-state index contributed by atoms with van der Waals surface area (Å²) in [5.74, 6) is 1.77. The third-order valence-electron chi connectivity index (χ3n) is 7.48. The van der Waals surface area contributed by atoms with E-state index in [2.05, 4.69) is 53.1 Å². The van der Waals surface area contributed by atoms with Gasteiger partial charge < -0.3 is 15.1 Å². The quantitative estimate of drug-likeness (QED) is 0.207. The van der Waals surface area contributed by atoms with Crippen LogP contribution >= 0.6 is 0 Å². The molecule has 0 radical (unpaired) electrons. The Bertz CT molecular complexity index is 1570. The molecule has 1 aliphatic carbocycles. The molecule has 1 aromatic heterocycles. The lowest BCUT2D eigenvalue weighted by Crippen LogP contribution is -2.28. The first-order valence-corrected chi connectivity index (χ1v) is 14.2. The van der Waals surface area contributed by atoms with Crippen LogP contribution in [-0.4, -0.2) is 11.0 Å². The number of amides is 2. The number of hydrogen-bond donors (Lipinski definition) is 2. The first kappa shape index (κ1) is 26.3. The predicted molar refractivity (Wildman–Crippen MR) is 165 cm³/mol. The molecule has 2 amide bonds. The molecule has 5 heteroatoms. The minimum absolute atomic E-state index is 0.217. The number of nitrogens with one attached hydrogen (secondary N) is 2. The van der Waals surface area contributed by atoms with Crippen molar-refractivity contribution < 1.29 is 9.21 Å². The highest BCUT2D eigenvalue weighted by atomic mass is 16.4. The number of nitrogens with zero attached hydrogens (tertiary/aromatic N) is 1. The Morgan fingerprint density at radius 2 is 1.49 bits per heavy atom. The second-order valence-electron chi connectivity index (χ2n) is 10.4. The van der Waals surface area contributed by atoms with Crippen molar-refractivity contribution in [1.29, 1.82) is 0 Å². The molecule has 1 atom stereocenters. The monoisotopic (exact) mass is 539 g/mol. The van der Waals surface area contributed by atoms with E-state index < -0.39 is 0 Å². The summed E-state index contributed by atoms with van der Waals surface area (Å²) in [6.45, 7) is 0.481. The largest absolute Gasteiger partial charge is 0.436 e. The van der Waals surface area contributed by atoms with Crippen molar-refractivity contribution in [3.8, 4) is 22.6 Å². The molecule has 1 aliphatic rings. The van der Waals surface area contributed by atoms with Gasteiger partial charge in [0.05, 0.1) is 0 Å². The molecular formula is C36H33N3O2.